The van der Waals surface area contributed by atoms with Gasteiger partial charge in [-0.25, -0.2) is 9.78 Å². The van der Waals surface area contributed by atoms with Gasteiger partial charge in [-0.15, -0.1) is 11.3 Å². The lowest BCUT2D eigenvalue weighted by Gasteiger charge is -2.20. The van der Waals surface area contributed by atoms with Crippen LogP contribution < -0.4 is 0 Å². The van der Waals surface area contributed by atoms with Gasteiger partial charge in [0.05, 0.1) is 5.69 Å². The quantitative estimate of drug-likeness (QED) is 0.880. The predicted octanol–water partition coefficient (Wildman–Crippen LogP) is 4.86. The summed E-state index contributed by atoms with van der Waals surface area (Å²) in [4.78, 5) is 16.7. The lowest BCUT2D eigenvalue weighted by atomic mass is 9.86. The fourth-order valence-corrected chi connectivity index (χ4v) is 4.15. The number of benzene rings is 1. The van der Waals surface area contributed by atoms with Crippen LogP contribution in [0.4, 0.5) is 0 Å². The van der Waals surface area contributed by atoms with Gasteiger partial charge in [0.1, 0.15) is 9.88 Å². The molecule has 1 saturated carbocycles. The lowest BCUT2D eigenvalue weighted by molar-refractivity contribution is 0.0700. The Morgan fingerprint density at radius 2 is 1.95 bits per heavy atom. The first-order chi connectivity index (χ1) is 10.2. The van der Waals surface area contributed by atoms with Gasteiger partial charge in [-0.2, -0.15) is 0 Å². The number of nitrogens with zero attached hydrogens (tertiary/aromatic N) is 1. The van der Waals surface area contributed by atoms with Crippen molar-refractivity contribution in [3.8, 4) is 10.6 Å². The van der Waals surface area contributed by atoms with E-state index in [4.69, 9.17) is 4.98 Å². The van der Waals surface area contributed by atoms with Crippen molar-refractivity contribution in [2.75, 3.05) is 0 Å². The molecule has 0 saturated heterocycles. The van der Waals surface area contributed by atoms with Crippen LogP contribution in [-0.2, 0) is 0 Å². The molecule has 110 valence electrons. The number of aromatic nitrogens is 1. The van der Waals surface area contributed by atoms with Gasteiger partial charge in [-0.1, -0.05) is 43.5 Å². The fraction of sp³-hybridized carbons (Fsp3) is 0.412. The highest BCUT2D eigenvalue weighted by atomic mass is 32.1. The third-order valence-corrected chi connectivity index (χ3v) is 5.31. The Balaban J connectivity index is 2.04. The van der Waals surface area contributed by atoms with Crippen molar-refractivity contribution in [1.29, 1.82) is 0 Å². The summed E-state index contributed by atoms with van der Waals surface area (Å²) in [6.07, 6.45) is 5.75. The van der Waals surface area contributed by atoms with Gasteiger partial charge in [0.2, 0.25) is 0 Å². The van der Waals surface area contributed by atoms with Gasteiger partial charge in [-0.3, -0.25) is 0 Å². The zero-order chi connectivity index (χ0) is 14.8. The molecule has 0 atom stereocenters. The first kappa shape index (κ1) is 14.3. The Bertz CT molecular complexity index is 657. The number of thiazole rings is 1. The summed E-state index contributed by atoms with van der Waals surface area (Å²) in [5.74, 6) is -0.522. The van der Waals surface area contributed by atoms with Gasteiger partial charge in [-0.05, 0) is 25.3 Å². The first-order valence-electron chi connectivity index (χ1n) is 7.47. The standard InChI is InChI=1S/C17H19NO2S/c1-11-7-5-6-10-13(11)16-18-14(15(21-16)17(19)20)12-8-3-2-4-9-12/h5-7,10,12H,2-4,8-9H2,1H3,(H,19,20). The summed E-state index contributed by atoms with van der Waals surface area (Å²) in [7, 11) is 0. The lowest BCUT2D eigenvalue weighted by Crippen LogP contribution is -2.09. The minimum Gasteiger partial charge on any atom is -0.477 e. The summed E-state index contributed by atoms with van der Waals surface area (Å²) in [6, 6.07) is 8.03. The largest absolute Gasteiger partial charge is 0.477 e. The average molecular weight is 301 g/mol. The Hall–Kier alpha value is -1.68. The van der Waals surface area contributed by atoms with Crippen LogP contribution in [0.25, 0.3) is 10.6 Å². The van der Waals surface area contributed by atoms with E-state index in [-0.39, 0.29) is 0 Å². The Labute approximate surface area is 128 Å². The van der Waals surface area contributed by atoms with Crippen LogP contribution in [0.1, 0.15) is 59.0 Å². The van der Waals surface area contributed by atoms with E-state index in [2.05, 4.69) is 0 Å². The smallest absolute Gasteiger partial charge is 0.347 e. The van der Waals surface area contributed by atoms with E-state index in [1.54, 1.807) is 0 Å². The minimum absolute atomic E-state index is 0.318. The molecule has 0 bridgehead atoms. The molecule has 21 heavy (non-hydrogen) atoms. The molecule has 0 radical (unpaired) electrons. The number of aryl methyl sites for hydroxylation is 1. The summed E-state index contributed by atoms with van der Waals surface area (Å²) in [5, 5.41) is 10.3. The van der Waals surface area contributed by atoms with E-state index < -0.39 is 5.97 Å². The van der Waals surface area contributed by atoms with Gasteiger partial charge in [0.15, 0.2) is 0 Å². The SMILES string of the molecule is Cc1ccccc1-c1nc(C2CCCCC2)c(C(=O)O)s1. The first-order valence-corrected chi connectivity index (χ1v) is 8.28. The average Bonchev–Trinajstić information content (AvgIpc) is 2.94. The molecule has 1 N–H and O–H groups in total. The normalized spacial score (nSPS) is 16.0. The highest BCUT2D eigenvalue weighted by Crippen LogP contribution is 2.39. The maximum atomic E-state index is 11.6. The van der Waals surface area contributed by atoms with E-state index in [1.165, 1.54) is 30.6 Å². The maximum Gasteiger partial charge on any atom is 0.347 e. The van der Waals surface area contributed by atoms with Crippen molar-refractivity contribution in [1.82, 2.24) is 4.98 Å². The maximum absolute atomic E-state index is 11.6. The van der Waals surface area contributed by atoms with E-state index in [0.29, 0.717) is 10.8 Å². The van der Waals surface area contributed by atoms with E-state index in [9.17, 15) is 9.90 Å². The summed E-state index contributed by atoms with van der Waals surface area (Å²) < 4.78 is 0. The van der Waals surface area contributed by atoms with E-state index in [0.717, 1.165) is 34.7 Å². The minimum atomic E-state index is -0.840. The monoisotopic (exact) mass is 301 g/mol. The van der Waals surface area contributed by atoms with Crippen molar-refractivity contribution in [2.24, 2.45) is 0 Å². The molecule has 1 aromatic carbocycles. The van der Waals surface area contributed by atoms with Crippen LogP contribution in [0.3, 0.4) is 0 Å². The molecule has 3 nitrogen and oxygen atoms in total. The van der Waals surface area contributed by atoms with Crippen molar-refractivity contribution in [3.05, 3.63) is 40.4 Å². The van der Waals surface area contributed by atoms with Crippen molar-refractivity contribution < 1.29 is 9.90 Å². The van der Waals surface area contributed by atoms with Gasteiger partial charge in [0.25, 0.3) is 0 Å². The molecule has 0 aliphatic heterocycles. The molecule has 1 aliphatic carbocycles. The van der Waals surface area contributed by atoms with Crippen LogP contribution >= 0.6 is 11.3 Å². The summed E-state index contributed by atoms with van der Waals surface area (Å²) in [5.41, 5.74) is 3.00. The predicted molar refractivity (Wildman–Crippen MR) is 85.1 cm³/mol. The third kappa shape index (κ3) is 2.86. The zero-order valence-corrected chi connectivity index (χ0v) is 12.9. The Morgan fingerprint density at radius 1 is 1.24 bits per heavy atom. The Kier molecular flexibility index (Phi) is 4.06. The molecule has 0 amide bonds. The Morgan fingerprint density at radius 3 is 2.62 bits per heavy atom. The molecule has 4 heteroatoms. The fourth-order valence-electron chi connectivity index (χ4n) is 3.07. The second kappa shape index (κ2) is 5.98. The number of aromatic carboxylic acids is 1. The number of hydrogen-bond donors (Lipinski definition) is 1. The van der Waals surface area contributed by atoms with Crippen LogP contribution in [-0.4, -0.2) is 16.1 Å². The molecule has 2 aromatic rings. The second-order valence-electron chi connectivity index (χ2n) is 5.69. The van der Waals surface area contributed by atoms with Crippen LogP contribution in [0.2, 0.25) is 0 Å². The highest BCUT2D eigenvalue weighted by molar-refractivity contribution is 7.17. The number of rotatable bonds is 3. The molecule has 1 fully saturated rings. The summed E-state index contributed by atoms with van der Waals surface area (Å²) in [6.45, 7) is 2.04. The molecule has 3 rings (SSSR count). The topological polar surface area (TPSA) is 50.2 Å². The van der Waals surface area contributed by atoms with E-state index >= 15 is 0 Å². The molecular formula is C17H19NO2S. The van der Waals surface area contributed by atoms with Crippen LogP contribution in [0.15, 0.2) is 24.3 Å². The zero-order valence-electron chi connectivity index (χ0n) is 12.1. The van der Waals surface area contributed by atoms with Gasteiger partial charge >= 0.3 is 5.97 Å². The van der Waals surface area contributed by atoms with Crippen molar-refractivity contribution in [3.63, 3.8) is 0 Å². The number of carboxylic acid groups (broad SMARTS) is 1. The van der Waals surface area contributed by atoms with Crippen LogP contribution in [0.5, 0.6) is 0 Å². The molecule has 0 spiro atoms. The number of carboxylic acids is 1. The number of hydrogen-bond acceptors (Lipinski definition) is 3. The van der Waals surface area contributed by atoms with Crippen LogP contribution in [0, 0.1) is 6.92 Å². The molecule has 1 heterocycles. The van der Waals surface area contributed by atoms with Gasteiger partial charge in [0, 0.05) is 11.5 Å². The molecule has 1 aromatic heterocycles. The summed E-state index contributed by atoms with van der Waals surface area (Å²) >= 11 is 1.32. The van der Waals surface area contributed by atoms with Crippen molar-refractivity contribution in [2.45, 2.75) is 44.9 Å². The van der Waals surface area contributed by atoms with E-state index in [1.807, 2.05) is 31.2 Å². The van der Waals surface area contributed by atoms with Gasteiger partial charge < -0.3 is 5.11 Å². The molecule has 0 unspecified atom stereocenters. The highest BCUT2D eigenvalue weighted by Gasteiger charge is 2.26. The number of carbonyl (C=O) groups is 1. The second-order valence-corrected chi connectivity index (χ2v) is 6.69. The third-order valence-electron chi connectivity index (χ3n) is 4.21. The molecule has 1 aliphatic rings. The molecular weight excluding hydrogens is 282 g/mol. The van der Waals surface area contributed by atoms with Crippen molar-refractivity contribution >= 4 is 17.3 Å².